The molecule has 0 aliphatic rings. The van der Waals surface area contributed by atoms with Crippen LogP contribution in [0.5, 0.6) is 5.88 Å². The molecule has 0 bridgehead atoms. The first-order chi connectivity index (χ1) is 10.1. The van der Waals surface area contributed by atoms with Crippen LogP contribution in [0.3, 0.4) is 0 Å². The number of hydrazine groups is 1. The van der Waals surface area contributed by atoms with Crippen molar-refractivity contribution in [3.8, 4) is 5.88 Å². The summed E-state index contributed by atoms with van der Waals surface area (Å²) in [6.45, 7) is 0. The maximum Gasteiger partial charge on any atom is 0.212 e. The predicted octanol–water partition coefficient (Wildman–Crippen LogP) is 2.50. The van der Waals surface area contributed by atoms with Crippen LogP contribution in [-0.2, 0) is 12.8 Å². The number of hydrogen-bond donors (Lipinski definition) is 2. The summed E-state index contributed by atoms with van der Waals surface area (Å²) < 4.78 is 18.9. The van der Waals surface area contributed by atoms with Gasteiger partial charge in [-0.15, -0.1) is 0 Å². The maximum atomic E-state index is 13.9. The van der Waals surface area contributed by atoms with Gasteiger partial charge in [-0.05, 0) is 30.0 Å². The number of nitrogens with one attached hydrogen (secondary N) is 1. The van der Waals surface area contributed by atoms with Gasteiger partial charge in [0.15, 0.2) is 0 Å². The third-order valence-electron chi connectivity index (χ3n) is 3.22. The van der Waals surface area contributed by atoms with Crippen LogP contribution in [0.2, 0.25) is 5.02 Å². The highest BCUT2D eigenvalue weighted by molar-refractivity contribution is 6.30. The molecule has 0 aliphatic carbocycles. The Kier molecular flexibility index (Phi) is 5.50. The molecule has 112 valence electrons. The van der Waals surface area contributed by atoms with Crippen LogP contribution in [0.25, 0.3) is 0 Å². The number of methoxy groups -OCH3 is 1. The molecule has 1 aromatic heterocycles. The molecule has 0 saturated heterocycles. The van der Waals surface area contributed by atoms with Gasteiger partial charge in [0, 0.05) is 18.3 Å². The Morgan fingerprint density at radius 1 is 1.33 bits per heavy atom. The highest BCUT2D eigenvalue weighted by atomic mass is 35.5. The summed E-state index contributed by atoms with van der Waals surface area (Å²) in [5, 5.41) is 0.120. The molecule has 6 heteroatoms. The van der Waals surface area contributed by atoms with Crippen LogP contribution in [-0.4, -0.2) is 18.1 Å². The van der Waals surface area contributed by atoms with E-state index in [-0.39, 0.29) is 11.1 Å². The van der Waals surface area contributed by atoms with Gasteiger partial charge >= 0.3 is 0 Å². The molecular weight excluding hydrogens is 293 g/mol. The first kappa shape index (κ1) is 15.7. The number of ether oxygens (including phenoxy) is 1. The van der Waals surface area contributed by atoms with Crippen molar-refractivity contribution in [2.75, 3.05) is 7.11 Å². The lowest BCUT2D eigenvalue weighted by Crippen LogP contribution is -2.38. The minimum atomic E-state index is -0.396. The fourth-order valence-electron chi connectivity index (χ4n) is 2.10. The highest BCUT2D eigenvalue weighted by Crippen LogP contribution is 2.20. The van der Waals surface area contributed by atoms with E-state index in [1.165, 1.54) is 6.07 Å². The number of rotatable bonds is 6. The average molecular weight is 310 g/mol. The molecule has 0 radical (unpaired) electrons. The fraction of sp³-hybridized carbons (Fsp3) is 0.267. The van der Waals surface area contributed by atoms with E-state index in [1.54, 1.807) is 31.5 Å². The van der Waals surface area contributed by atoms with E-state index in [0.717, 1.165) is 5.56 Å². The van der Waals surface area contributed by atoms with Crippen LogP contribution < -0.4 is 16.0 Å². The molecule has 2 aromatic rings. The molecule has 3 N–H and O–H groups in total. The highest BCUT2D eigenvalue weighted by Gasteiger charge is 2.13. The smallest absolute Gasteiger partial charge is 0.212 e. The Labute approximate surface area is 128 Å². The molecule has 0 saturated carbocycles. The van der Waals surface area contributed by atoms with Gasteiger partial charge in [0.25, 0.3) is 0 Å². The number of nitrogens with two attached hydrogens (primary N) is 1. The van der Waals surface area contributed by atoms with E-state index < -0.39 is 5.82 Å². The fourth-order valence-corrected chi connectivity index (χ4v) is 2.29. The van der Waals surface area contributed by atoms with Gasteiger partial charge in [0.1, 0.15) is 5.82 Å². The van der Waals surface area contributed by atoms with Gasteiger partial charge in [0.05, 0.1) is 12.1 Å². The van der Waals surface area contributed by atoms with Crippen LogP contribution in [0.4, 0.5) is 4.39 Å². The van der Waals surface area contributed by atoms with Crippen LogP contribution in [0, 0.1) is 5.82 Å². The maximum absolute atomic E-state index is 13.9. The van der Waals surface area contributed by atoms with Crippen LogP contribution in [0.15, 0.2) is 36.5 Å². The van der Waals surface area contributed by atoms with Gasteiger partial charge in [-0.2, -0.15) is 0 Å². The van der Waals surface area contributed by atoms with Crippen molar-refractivity contribution in [2.24, 2.45) is 5.84 Å². The third kappa shape index (κ3) is 4.14. The molecule has 2 rings (SSSR count). The Morgan fingerprint density at radius 3 is 2.76 bits per heavy atom. The van der Waals surface area contributed by atoms with Crippen molar-refractivity contribution in [3.63, 3.8) is 0 Å². The zero-order valence-electron chi connectivity index (χ0n) is 11.6. The number of aromatic nitrogens is 1. The minimum Gasteiger partial charge on any atom is -0.481 e. The number of pyridine rings is 1. The molecule has 4 nitrogen and oxygen atoms in total. The van der Waals surface area contributed by atoms with Crippen molar-refractivity contribution in [3.05, 3.63) is 58.5 Å². The first-order valence-electron chi connectivity index (χ1n) is 6.52. The molecule has 1 heterocycles. The van der Waals surface area contributed by atoms with E-state index in [0.29, 0.717) is 24.3 Å². The molecule has 0 amide bonds. The second kappa shape index (κ2) is 7.36. The van der Waals surface area contributed by atoms with Crippen molar-refractivity contribution >= 4 is 11.6 Å². The number of benzene rings is 1. The Balaban J connectivity index is 2.07. The summed E-state index contributed by atoms with van der Waals surface area (Å²) in [5.41, 5.74) is 4.23. The normalized spacial score (nSPS) is 12.2. The molecule has 0 spiro atoms. The van der Waals surface area contributed by atoms with Crippen LogP contribution in [0.1, 0.15) is 11.1 Å². The number of nitrogens with zero attached hydrogens (tertiary/aromatic N) is 1. The summed E-state index contributed by atoms with van der Waals surface area (Å²) in [5.74, 6) is 5.72. The van der Waals surface area contributed by atoms with E-state index in [9.17, 15) is 4.39 Å². The first-order valence-corrected chi connectivity index (χ1v) is 6.89. The van der Waals surface area contributed by atoms with E-state index in [1.807, 2.05) is 6.07 Å². The molecule has 0 fully saturated rings. The number of hydrogen-bond acceptors (Lipinski definition) is 4. The molecular formula is C15H17ClFN3O. The SMILES string of the molecule is COc1ccc(CC(Cc2cccc(Cl)c2F)NN)cn1. The van der Waals surface area contributed by atoms with Crippen molar-refractivity contribution in [1.29, 1.82) is 0 Å². The second-order valence-corrected chi connectivity index (χ2v) is 5.10. The summed E-state index contributed by atoms with van der Waals surface area (Å²) in [6.07, 6.45) is 2.78. The van der Waals surface area contributed by atoms with Crippen molar-refractivity contribution in [1.82, 2.24) is 10.4 Å². The third-order valence-corrected chi connectivity index (χ3v) is 3.51. The number of halogens is 2. The van der Waals surface area contributed by atoms with Crippen molar-refractivity contribution < 1.29 is 9.13 Å². The van der Waals surface area contributed by atoms with Gasteiger partial charge in [0.2, 0.25) is 5.88 Å². The standard InChI is InChI=1S/C15H17ClFN3O/c1-21-14-6-5-10(9-19-14)7-12(20-18)8-11-3-2-4-13(16)15(11)17/h2-6,9,12,20H,7-8,18H2,1H3. The summed E-state index contributed by atoms with van der Waals surface area (Å²) >= 11 is 5.78. The Morgan fingerprint density at radius 2 is 2.14 bits per heavy atom. The van der Waals surface area contributed by atoms with Gasteiger partial charge < -0.3 is 4.74 Å². The van der Waals surface area contributed by atoms with Crippen molar-refractivity contribution in [2.45, 2.75) is 18.9 Å². The Bertz CT molecular complexity index is 592. The zero-order valence-corrected chi connectivity index (χ0v) is 12.4. The lowest BCUT2D eigenvalue weighted by Gasteiger charge is -2.16. The van der Waals surface area contributed by atoms with Gasteiger partial charge in [-0.3, -0.25) is 11.3 Å². The van der Waals surface area contributed by atoms with E-state index in [2.05, 4.69) is 10.4 Å². The lowest BCUT2D eigenvalue weighted by atomic mass is 10.00. The minimum absolute atomic E-state index is 0.117. The summed E-state index contributed by atoms with van der Waals surface area (Å²) in [4.78, 5) is 4.14. The largest absolute Gasteiger partial charge is 0.481 e. The van der Waals surface area contributed by atoms with Gasteiger partial charge in [-0.25, -0.2) is 9.37 Å². The zero-order chi connectivity index (χ0) is 15.2. The van der Waals surface area contributed by atoms with Crippen LogP contribution >= 0.6 is 11.6 Å². The van der Waals surface area contributed by atoms with E-state index in [4.69, 9.17) is 22.2 Å². The quantitative estimate of drug-likeness (QED) is 0.636. The summed E-state index contributed by atoms with van der Waals surface area (Å²) in [7, 11) is 1.56. The molecule has 1 atom stereocenters. The second-order valence-electron chi connectivity index (χ2n) is 4.69. The van der Waals surface area contributed by atoms with Gasteiger partial charge in [-0.1, -0.05) is 29.8 Å². The topological polar surface area (TPSA) is 60.2 Å². The lowest BCUT2D eigenvalue weighted by molar-refractivity contribution is 0.397. The molecule has 21 heavy (non-hydrogen) atoms. The molecule has 1 unspecified atom stereocenters. The predicted molar refractivity (Wildman–Crippen MR) is 80.7 cm³/mol. The molecule has 1 aromatic carbocycles. The Hall–Kier alpha value is -1.69. The van der Waals surface area contributed by atoms with E-state index >= 15 is 0 Å². The summed E-state index contributed by atoms with van der Waals surface area (Å²) in [6, 6.07) is 8.53. The average Bonchev–Trinajstić information content (AvgIpc) is 2.51. The monoisotopic (exact) mass is 309 g/mol. The molecule has 0 aliphatic heterocycles.